The summed E-state index contributed by atoms with van der Waals surface area (Å²) in [7, 11) is -1.14. The summed E-state index contributed by atoms with van der Waals surface area (Å²) in [5.41, 5.74) is 3.80. The van der Waals surface area contributed by atoms with Crippen LogP contribution in [0.3, 0.4) is 0 Å². The summed E-state index contributed by atoms with van der Waals surface area (Å²) in [6.07, 6.45) is 1.04. The summed E-state index contributed by atoms with van der Waals surface area (Å²) in [4.78, 5) is 0. The maximum Gasteiger partial charge on any atom is 0.496 e. The van der Waals surface area contributed by atoms with Crippen LogP contribution < -0.4 is 10.9 Å². The monoisotopic (exact) mass is 404 g/mol. The number of hydrogen-bond donors (Lipinski definition) is 1. The third-order valence-corrected chi connectivity index (χ3v) is 5.76. The molecule has 3 fully saturated rings. The predicted molar refractivity (Wildman–Crippen MR) is 115 cm³/mol. The van der Waals surface area contributed by atoms with E-state index in [9.17, 15) is 5.11 Å². The van der Waals surface area contributed by atoms with Crippen molar-refractivity contribution in [2.45, 2.75) is 30.7 Å². The average molecular weight is 404 g/mol. The van der Waals surface area contributed by atoms with E-state index in [0.717, 1.165) is 22.1 Å². The summed E-state index contributed by atoms with van der Waals surface area (Å²) >= 11 is 0. The number of ether oxygens (including phenoxy) is 1. The van der Waals surface area contributed by atoms with Gasteiger partial charge in [0.1, 0.15) is 12.2 Å². The van der Waals surface area contributed by atoms with E-state index in [0.29, 0.717) is 0 Å². The minimum Gasteiger partial charge on any atom is -0.399 e. The van der Waals surface area contributed by atoms with Crippen LogP contribution >= 0.6 is 0 Å². The fourth-order valence-electron chi connectivity index (χ4n) is 4.11. The van der Waals surface area contributed by atoms with E-state index in [1.807, 2.05) is 48.5 Å². The van der Waals surface area contributed by atoms with Crippen molar-refractivity contribution in [1.82, 2.24) is 0 Å². The second-order valence-corrected chi connectivity index (χ2v) is 7.57. The fourth-order valence-corrected chi connectivity index (χ4v) is 4.11. The molecule has 0 saturated carbocycles. The number of rotatable bonds is 5. The van der Waals surface area contributed by atoms with Crippen LogP contribution in [0.15, 0.2) is 61.7 Å². The van der Waals surface area contributed by atoms with Crippen molar-refractivity contribution < 1.29 is 28.5 Å². The predicted octanol–water partition coefficient (Wildman–Crippen LogP) is 0.980. The Labute approximate surface area is 176 Å². The molecule has 6 nitrogen and oxygen atoms in total. The lowest BCUT2D eigenvalue weighted by molar-refractivity contribution is -0.223. The van der Waals surface area contributed by atoms with Gasteiger partial charge in [0.25, 0.3) is 0 Å². The molecule has 5 rings (SSSR count). The fraction of sp³-hybridized carbons (Fsp3) is 0.273. The van der Waals surface area contributed by atoms with Gasteiger partial charge in [0.15, 0.2) is 6.29 Å². The van der Waals surface area contributed by atoms with Crippen LogP contribution in [0.2, 0.25) is 0 Å². The Morgan fingerprint density at radius 1 is 0.733 bits per heavy atom. The van der Waals surface area contributed by atoms with Crippen LogP contribution in [0.1, 0.15) is 11.1 Å². The number of benzene rings is 2. The van der Waals surface area contributed by atoms with Gasteiger partial charge in [-0.25, -0.2) is 0 Å². The molecule has 3 aliphatic heterocycles. The Balaban J connectivity index is 1.36. The van der Waals surface area contributed by atoms with E-state index in [1.165, 1.54) is 0 Å². The van der Waals surface area contributed by atoms with Crippen LogP contribution in [0.4, 0.5) is 0 Å². The van der Waals surface area contributed by atoms with Crippen molar-refractivity contribution in [1.29, 1.82) is 0 Å². The Kier molecular flexibility index (Phi) is 5.37. The highest BCUT2D eigenvalue weighted by atomic mass is 16.8. The molecule has 8 heteroatoms. The Morgan fingerprint density at radius 2 is 1.23 bits per heavy atom. The molecule has 5 atom stereocenters. The molecule has 0 unspecified atom stereocenters. The maximum atomic E-state index is 9.85. The molecular weight excluding hydrogens is 382 g/mol. The summed E-state index contributed by atoms with van der Waals surface area (Å²) in [6.45, 7) is 7.35. The van der Waals surface area contributed by atoms with Gasteiger partial charge >= 0.3 is 14.2 Å². The van der Waals surface area contributed by atoms with E-state index >= 15 is 0 Å². The van der Waals surface area contributed by atoms with Crippen LogP contribution in [-0.4, -0.2) is 56.7 Å². The van der Waals surface area contributed by atoms with Crippen molar-refractivity contribution in [3.8, 4) is 0 Å². The van der Waals surface area contributed by atoms with Gasteiger partial charge in [-0.2, -0.15) is 0 Å². The van der Waals surface area contributed by atoms with Crippen molar-refractivity contribution in [2.24, 2.45) is 0 Å². The first kappa shape index (κ1) is 19.8. The second kappa shape index (κ2) is 8.15. The summed E-state index contributed by atoms with van der Waals surface area (Å²) in [6, 6.07) is 15.6. The third kappa shape index (κ3) is 3.46. The molecule has 0 amide bonds. The molecule has 1 N–H and O–H groups in total. The van der Waals surface area contributed by atoms with Crippen molar-refractivity contribution in [3.05, 3.63) is 72.8 Å². The largest absolute Gasteiger partial charge is 0.496 e. The van der Waals surface area contributed by atoms with Crippen LogP contribution in [0, 0.1) is 0 Å². The van der Waals surface area contributed by atoms with Gasteiger partial charge in [-0.1, -0.05) is 73.8 Å². The van der Waals surface area contributed by atoms with E-state index in [1.54, 1.807) is 12.2 Å². The summed E-state index contributed by atoms with van der Waals surface area (Å²) in [5.74, 6) is 0. The van der Waals surface area contributed by atoms with Crippen molar-refractivity contribution >= 4 is 37.3 Å². The zero-order valence-corrected chi connectivity index (χ0v) is 16.4. The van der Waals surface area contributed by atoms with Crippen LogP contribution in [0.25, 0.3) is 12.2 Å². The molecule has 0 bridgehead atoms. The van der Waals surface area contributed by atoms with Crippen molar-refractivity contribution in [2.75, 3.05) is 6.61 Å². The molecule has 0 radical (unpaired) electrons. The Morgan fingerprint density at radius 3 is 1.77 bits per heavy atom. The van der Waals surface area contributed by atoms with E-state index in [2.05, 4.69) is 13.2 Å². The van der Waals surface area contributed by atoms with Gasteiger partial charge in [0, 0.05) is 0 Å². The number of fused-ring (bicyclic) bond motifs is 3. The van der Waals surface area contributed by atoms with Gasteiger partial charge in [0.2, 0.25) is 0 Å². The average Bonchev–Trinajstić information content (AvgIpc) is 3.43. The highest BCUT2D eigenvalue weighted by Gasteiger charge is 2.59. The van der Waals surface area contributed by atoms with E-state index in [-0.39, 0.29) is 6.61 Å². The Bertz CT molecular complexity index is 918. The standard InChI is InChI=1S/C22H22B2O6/c1-3-14-5-9-16(10-6-14)23-27-19-18(13-25)26-22-21(20(19)28-23)29-24(30-22)17-11-7-15(4-2)8-12-17/h3-12,18-22,25H,1-2,13H2/t18-,19+,20+,21-,22-/m1/s1. The molecule has 3 aliphatic rings. The summed E-state index contributed by atoms with van der Waals surface area (Å²) in [5, 5.41) is 9.85. The maximum absolute atomic E-state index is 9.85. The lowest BCUT2D eigenvalue weighted by atomic mass is 9.79. The molecule has 152 valence electrons. The lowest BCUT2D eigenvalue weighted by Crippen LogP contribution is -2.56. The van der Waals surface area contributed by atoms with Crippen molar-refractivity contribution in [3.63, 3.8) is 0 Å². The molecule has 30 heavy (non-hydrogen) atoms. The van der Waals surface area contributed by atoms with Gasteiger partial charge < -0.3 is 28.5 Å². The molecule has 3 saturated heterocycles. The highest BCUT2D eigenvalue weighted by Crippen LogP contribution is 2.36. The topological polar surface area (TPSA) is 66.4 Å². The van der Waals surface area contributed by atoms with Gasteiger partial charge in [-0.05, 0) is 22.1 Å². The molecule has 2 aromatic rings. The SMILES string of the molecule is C=Cc1ccc(B2O[C@H]3[C@@H](O2)[C@@H](CO)O[C@@H]2OB(c4ccc(C=C)cc4)O[C@@H]23)cc1. The molecular formula is C22H22B2O6. The number of aliphatic hydroxyl groups is 1. The third-order valence-electron chi connectivity index (χ3n) is 5.76. The Hall–Kier alpha value is -2.19. The van der Waals surface area contributed by atoms with Gasteiger partial charge in [-0.3, -0.25) is 0 Å². The smallest absolute Gasteiger partial charge is 0.399 e. The molecule has 3 heterocycles. The summed E-state index contributed by atoms with van der Waals surface area (Å²) < 4.78 is 30.5. The molecule has 0 spiro atoms. The van der Waals surface area contributed by atoms with Crippen LogP contribution in [0.5, 0.6) is 0 Å². The number of aliphatic hydroxyl groups excluding tert-OH is 1. The minimum atomic E-state index is -0.641. The lowest BCUT2D eigenvalue weighted by Gasteiger charge is -2.38. The normalized spacial score (nSPS) is 30.1. The molecule has 0 aliphatic carbocycles. The second-order valence-electron chi connectivity index (χ2n) is 7.57. The molecule has 2 aromatic carbocycles. The van der Waals surface area contributed by atoms with Gasteiger partial charge in [0.05, 0.1) is 18.8 Å². The van der Waals surface area contributed by atoms with E-state index in [4.69, 9.17) is 23.4 Å². The quantitative estimate of drug-likeness (QED) is 0.750. The zero-order chi connectivity index (χ0) is 20.7. The van der Waals surface area contributed by atoms with Crippen LogP contribution in [-0.2, 0) is 23.4 Å². The van der Waals surface area contributed by atoms with E-state index < -0.39 is 44.9 Å². The highest BCUT2D eigenvalue weighted by molar-refractivity contribution is 6.62. The minimum absolute atomic E-state index is 0.197. The van der Waals surface area contributed by atoms with Gasteiger partial charge in [-0.15, -0.1) is 0 Å². The molecule has 0 aromatic heterocycles. The first-order chi connectivity index (χ1) is 14.7. The first-order valence-electron chi connectivity index (χ1n) is 10.0. The zero-order valence-electron chi connectivity index (χ0n) is 16.4. The first-order valence-corrected chi connectivity index (χ1v) is 10.0. The number of hydrogen-bond acceptors (Lipinski definition) is 6.